The van der Waals surface area contributed by atoms with E-state index < -0.39 is 31.1 Å². The van der Waals surface area contributed by atoms with Crippen LogP contribution in [-0.4, -0.2) is 80.0 Å². The number of aliphatic carboxylic acids is 1. The highest BCUT2D eigenvalue weighted by atomic mass is 16.5. The topological polar surface area (TPSA) is 117 Å². The number of imide groups is 1. The largest absolute Gasteiger partial charge is 0.480 e. The lowest BCUT2D eigenvalue weighted by atomic mass is 10.3. The van der Waals surface area contributed by atoms with Crippen LogP contribution in [0.5, 0.6) is 0 Å². The SMILES string of the molecule is CC(CN1CCOCC1)NC(=O)NC(=O)COCC(=O)O. The molecule has 120 valence electrons. The van der Waals surface area contributed by atoms with Crippen LogP contribution >= 0.6 is 0 Å². The summed E-state index contributed by atoms with van der Waals surface area (Å²) in [4.78, 5) is 35.2. The zero-order valence-corrected chi connectivity index (χ0v) is 12.0. The Hall–Kier alpha value is -1.71. The van der Waals surface area contributed by atoms with Gasteiger partial charge in [-0.25, -0.2) is 9.59 Å². The molecule has 9 nitrogen and oxygen atoms in total. The molecule has 1 rings (SSSR count). The van der Waals surface area contributed by atoms with Crippen molar-refractivity contribution in [2.24, 2.45) is 0 Å². The minimum atomic E-state index is -1.17. The molecule has 0 aliphatic carbocycles. The predicted molar refractivity (Wildman–Crippen MR) is 71.9 cm³/mol. The zero-order chi connectivity index (χ0) is 15.7. The first-order valence-electron chi connectivity index (χ1n) is 6.67. The van der Waals surface area contributed by atoms with Gasteiger partial charge in [0.05, 0.1) is 13.2 Å². The van der Waals surface area contributed by atoms with Crippen molar-refractivity contribution in [2.45, 2.75) is 13.0 Å². The maximum Gasteiger partial charge on any atom is 0.329 e. The first-order chi connectivity index (χ1) is 9.97. The first kappa shape index (κ1) is 17.3. The average Bonchev–Trinajstić information content (AvgIpc) is 2.38. The van der Waals surface area contributed by atoms with Crippen molar-refractivity contribution in [1.82, 2.24) is 15.5 Å². The number of amides is 3. The number of nitrogens with one attached hydrogen (secondary N) is 2. The lowest BCUT2D eigenvalue weighted by Crippen LogP contribution is -2.50. The molecule has 0 radical (unpaired) electrons. The molecule has 3 amide bonds. The number of ether oxygens (including phenoxy) is 2. The molecule has 9 heteroatoms. The van der Waals surface area contributed by atoms with Gasteiger partial charge in [0.25, 0.3) is 5.91 Å². The van der Waals surface area contributed by atoms with Crippen molar-refractivity contribution in [1.29, 1.82) is 0 Å². The summed E-state index contributed by atoms with van der Waals surface area (Å²) in [5.41, 5.74) is 0. The molecule has 21 heavy (non-hydrogen) atoms. The molecule has 0 saturated carbocycles. The monoisotopic (exact) mass is 303 g/mol. The Bertz CT molecular complexity index is 370. The van der Waals surface area contributed by atoms with E-state index in [0.29, 0.717) is 19.8 Å². The molecule has 0 spiro atoms. The second-order valence-electron chi connectivity index (χ2n) is 4.72. The van der Waals surface area contributed by atoms with Crippen LogP contribution in [0.3, 0.4) is 0 Å². The number of carbonyl (C=O) groups is 3. The summed E-state index contributed by atoms with van der Waals surface area (Å²) in [5.74, 6) is -1.86. The van der Waals surface area contributed by atoms with Crippen LogP contribution in [0.4, 0.5) is 4.79 Å². The average molecular weight is 303 g/mol. The van der Waals surface area contributed by atoms with Crippen LogP contribution in [0.15, 0.2) is 0 Å². The van der Waals surface area contributed by atoms with E-state index in [2.05, 4.69) is 20.3 Å². The highest BCUT2D eigenvalue weighted by Gasteiger charge is 2.16. The molecule has 0 aromatic rings. The molecule has 1 saturated heterocycles. The number of morpholine rings is 1. The minimum Gasteiger partial charge on any atom is -0.480 e. The number of urea groups is 1. The molecule has 1 aliphatic heterocycles. The number of nitrogens with zero attached hydrogens (tertiary/aromatic N) is 1. The van der Waals surface area contributed by atoms with Crippen LogP contribution in [0, 0.1) is 0 Å². The fourth-order valence-electron chi connectivity index (χ4n) is 1.87. The highest BCUT2D eigenvalue weighted by Crippen LogP contribution is 1.98. The first-order valence-corrected chi connectivity index (χ1v) is 6.67. The van der Waals surface area contributed by atoms with Crippen LogP contribution in [-0.2, 0) is 19.1 Å². The maximum atomic E-state index is 11.5. The molecule has 0 bridgehead atoms. The fourth-order valence-corrected chi connectivity index (χ4v) is 1.87. The second-order valence-corrected chi connectivity index (χ2v) is 4.72. The molecule has 0 aromatic heterocycles. The van der Waals surface area contributed by atoms with Crippen molar-refractivity contribution in [3.8, 4) is 0 Å². The second kappa shape index (κ2) is 9.27. The van der Waals surface area contributed by atoms with Crippen LogP contribution in [0.2, 0.25) is 0 Å². The van der Waals surface area contributed by atoms with Gasteiger partial charge in [0, 0.05) is 25.7 Å². The lowest BCUT2D eigenvalue weighted by Gasteiger charge is -2.29. The highest BCUT2D eigenvalue weighted by molar-refractivity contribution is 5.95. The molecule has 3 N–H and O–H groups in total. The zero-order valence-electron chi connectivity index (χ0n) is 12.0. The standard InChI is InChI=1S/C12H21N3O6/c1-9(6-15-2-4-20-5-3-15)13-12(19)14-10(16)7-21-8-11(17)18/h9H,2-8H2,1H3,(H,17,18)(H2,13,14,16,19). The van der Waals surface area contributed by atoms with E-state index in [1.165, 1.54) is 0 Å². The fraction of sp³-hybridized carbons (Fsp3) is 0.750. The van der Waals surface area contributed by atoms with Crippen molar-refractivity contribution >= 4 is 17.9 Å². The lowest BCUT2D eigenvalue weighted by molar-refractivity contribution is -0.143. The molecule has 1 heterocycles. The minimum absolute atomic E-state index is 0.129. The summed E-state index contributed by atoms with van der Waals surface area (Å²) in [7, 11) is 0. The summed E-state index contributed by atoms with van der Waals surface area (Å²) >= 11 is 0. The normalized spacial score (nSPS) is 17.0. The van der Waals surface area contributed by atoms with E-state index in [4.69, 9.17) is 9.84 Å². The van der Waals surface area contributed by atoms with Crippen molar-refractivity contribution in [3.05, 3.63) is 0 Å². The number of rotatable bonds is 7. The van der Waals surface area contributed by atoms with Gasteiger partial charge in [0.15, 0.2) is 0 Å². The van der Waals surface area contributed by atoms with Crippen LogP contribution < -0.4 is 10.6 Å². The molecule has 1 aliphatic rings. The summed E-state index contributed by atoms with van der Waals surface area (Å²) in [6, 6.07) is -0.754. The molecular formula is C12H21N3O6. The molecule has 1 atom stereocenters. The van der Waals surface area contributed by atoms with E-state index in [1.807, 2.05) is 6.92 Å². The van der Waals surface area contributed by atoms with E-state index >= 15 is 0 Å². The number of carboxylic acid groups (broad SMARTS) is 1. The van der Waals surface area contributed by atoms with Crippen LogP contribution in [0.1, 0.15) is 6.92 Å². The van der Waals surface area contributed by atoms with Gasteiger partial charge in [-0.1, -0.05) is 0 Å². The summed E-state index contributed by atoms with van der Waals surface area (Å²) in [6.07, 6.45) is 0. The van der Waals surface area contributed by atoms with Gasteiger partial charge in [-0.3, -0.25) is 15.0 Å². The Labute approximate surface area is 122 Å². The van der Waals surface area contributed by atoms with Crippen LogP contribution in [0.25, 0.3) is 0 Å². The third-order valence-corrected chi connectivity index (χ3v) is 2.72. The smallest absolute Gasteiger partial charge is 0.329 e. The van der Waals surface area contributed by atoms with Gasteiger partial charge in [-0.05, 0) is 6.92 Å². The van der Waals surface area contributed by atoms with Crippen molar-refractivity contribution in [2.75, 3.05) is 46.1 Å². The molecular weight excluding hydrogens is 282 g/mol. The van der Waals surface area contributed by atoms with E-state index in [0.717, 1.165) is 13.1 Å². The third-order valence-electron chi connectivity index (χ3n) is 2.72. The van der Waals surface area contributed by atoms with Gasteiger partial charge in [0.1, 0.15) is 13.2 Å². The quantitative estimate of drug-likeness (QED) is 0.531. The van der Waals surface area contributed by atoms with Gasteiger partial charge in [0.2, 0.25) is 0 Å². The van der Waals surface area contributed by atoms with Crippen molar-refractivity contribution < 1.29 is 29.0 Å². The third kappa shape index (κ3) is 8.23. The predicted octanol–water partition coefficient (Wildman–Crippen LogP) is -1.37. The number of hydrogen-bond acceptors (Lipinski definition) is 6. The Morgan fingerprint density at radius 1 is 1.29 bits per heavy atom. The Morgan fingerprint density at radius 3 is 2.57 bits per heavy atom. The van der Waals surface area contributed by atoms with Gasteiger partial charge in [-0.2, -0.15) is 0 Å². The van der Waals surface area contributed by atoms with Gasteiger partial charge in [-0.15, -0.1) is 0 Å². The van der Waals surface area contributed by atoms with E-state index in [9.17, 15) is 14.4 Å². The Kier molecular flexibility index (Phi) is 7.65. The van der Waals surface area contributed by atoms with E-state index in [-0.39, 0.29) is 6.04 Å². The molecule has 1 fully saturated rings. The molecule has 0 aromatic carbocycles. The van der Waals surface area contributed by atoms with Gasteiger partial charge >= 0.3 is 12.0 Å². The summed E-state index contributed by atoms with van der Waals surface area (Å²) in [5, 5.41) is 13.0. The number of hydrogen-bond donors (Lipinski definition) is 3. The number of carboxylic acids is 1. The Balaban J connectivity index is 2.16. The summed E-state index contributed by atoms with van der Waals surface area (Å²) < 4.78 is 9.80. The summed E-state index contributed by atoms with van der Waals surface area (Å²) in [6.45, 7) is 4.43. The maximum absolute atomic E-state index is 11.5. The number of carbonyl (C=O) groups excluding carboxylic acids is 2. The van der Waals surface area contributed by atoms with Crippen molar-refractivity contribution in [3.63, 3.8) is 0 Å². The molecule has 1 unspecified atom stereocenters. The van der Waals surface area contributed by atoms with E-state index in [1.54, 1.807) is 0 Å². The van der Waals surface area contributed by atoms with Gasteiger partial charge < -0.3 is 19.9 Å². The Morgan fingerprint density at radius 2 is 1.95 bits per heavy atom.